The molecule has 2 atom stereocenters. The number of urea groups is 2. The van der Waals surface area contributed by atoms with Crippen molar-refractivity contribution in [2.75, 3.05) is 46.4 Å². The summed E-state index contributed by atoms with van der Waals surface area (Å²) < 4.78 is 5.39. The molecule has 3 rings (SSSR count). The van der Waals surface area contributed by atoms with E-state index in [0.29, 0.717) is 44.0 Å². The molecule has 2 aliphatic heterocycles. The van der Waals surface area contributed by atoms with E-state index in [0.717, 1.165) is 12.0 Å². The van der Waals surface area contributed by atoms with Gasteiger partial charge in [0.05, 0.1) is 18.2 Å². The van der Waals surface area contributed by atoms with Gasteiger partial charge in [0.25, 0.3) is 0 Å². The van der Waals surface area contributed by atoms with E-state index in [9.17, 15) is 14.4 Å². The van der Waals surface area contributed by atoms with Gasteiger partial charge in [0.1, 0.15) is 0 Å². The van der Waals surface area contributed by atoms with Crippen LogP contribution in [-0.2, 0) is 9.53 Å². The molecule has 2 N–H and O–H groups in total. The van der Waals surface area contributed by atoms with Crippen LogP contribution in [0.1, 0.15) is 38.8 Å². The first kappa shape index (κ1) is 24.6. The van der Waals surface area contributed by atoms with Gasteiger partial charge in [0, 0.05) is 51.5 Å². The van der Waals surface area contributed by atoms with Crippen LogP contribution in [0.4, 0.5) is 9.59 Å². The van der Waals surface area contributed by atoms with Crippen molar-refractivity contribution < 1.29 is 19.1 Å². The van der Waals surface area contributed by atoms with Gasteiger partial charge in [-0.25, -0.2) is 14.4 Å². The summed E-state index contributed by atoms with van der Waals surface area (Å²) in [5, 5.41) is 5.88. The van der Waals surface area contributed by atoms with Gasteiger partial charge in [-0.15, -0.1) is 0 Å². The molecule has 2 aliphatic rings. The number of benzene rings is 1. The highest BCUT2D eigenvalue weighted by Crippen LogP contribution is 2.31. The van der Waals surface area contributed by atoms with Gasteiger partial charge >= 0.3 is 18.0 Å². The molecular formula is C24H35N5O4. The summed E-state index contributed by atoms with van der Waals surface area (Å²) in [7, 11) is 1.67. The lowest BCUT2D eigenvalue weighted by Gasteiger charge is -2.42. The molecule has 0 spiro atoms. The third kappa shape index (κ3) is 5.65. The Balaban J connectivity index is 1.86. The number of carbonyl (C=O) groups excluding carboxylic acids is 3. The van der Waals surface area contributed by atoms with Gasteiger partial charge in [0.2, 0.25) is 0 Å². The standard InChI is InChI=1S/C24H35N5O4/c1-5-12-25-23(31)29-14-13-28(15-17(29)3)16-19-20(22(30)33-6-2)21(26-24(32)27(19)4)18-10-8-7-9-11-18/h7-11,17,21H,5-6,12-16H2,1-4H3,(H,25,31)(H,26,32)/t17-,21-/m1/s1. The van der Waals surface area contributed by atoms with E-state index in [4.69, 9.17) is 4.74 Å². The molecule has 1 aromatic rings. The van der Waals surface area contributed by atoms with Gasteiger partial charge in [-0.05, 0) is 25.8 Å². The number of likely N-dealkylation sites (N-methyl/N-ethyl adjacent to an activating group) is 1. The van der Waals surface area contributed by atoms with Gasteiger partial charge in [-0.2, -0.15) is 0 Å². The lowest BCUT2D eigenvalue weighted by atomic mass is 9.94. The molecule has 1 aromatic carbocycles. The summed E-state index contributed by atoms with van der Waals surface area (Å²) in [6.07, 6.45) is 0.891. The quantitative estimate of drug-likeness (QED) is 0.613. The second kappa shape index (κ2) is 11.2. The minimum absolute atomic E-state index is 0.00916. The number of ether oxygens (including phenoxy) is 1. The third-order valence-corrected chi connectivity index (χ3v) is 6.08. The first-order valence-electron chi connectivity index (χ1n) is 11.6. The van der Waals surface area contributed by atoms with Crippen molar-refractivity contribution >= 4 is 18.0 Å². The van der Waals surface area contributed by atoms with Gasteiger partial charge in [0.15, 0.2) is 0 Å². The van der Waals surface area contributed by atoms with Crippen LogP contribution in [0.3, 0.4) is 0 Å². The summed E-state index contributed by atoms with van der Waals surface area (Å²) in [6.45, 7) is 9.00. The van der Waals surface area contributed by atoms with E-state index in [1.54, 1.807) is 14.0 Å². The van der Waals surface area contributed by atoms with Crippen LogP contribution in [0.2, 0.25) is 0 Å². The van der Waals surface area contributed by atoms with E-state index < -0.39 is 12.0 Å². The number of nitrogens with zero attached hydrogens (tertiary/aromatic N) is 3. The molecule has 0 saturated carbocycles. The van der Waals surface area contributed by atoms with Crippen molar-refractivity contribution in [1.82, 2.24) is 25.3 Å². The highest BCUT2D eigenvalue weighted by Gasteiger charge is 2.38. The molecule has 9 nitrogen and oxygen atoms in total. The monoisotopic (exact) mass is 457 g/mol. The van der Waals surface area contributed by atoms with Crippen molar-refractivity contribution in [3.63, 3.8) is 0 Å². The number of piperazine rings is 1. The zero-order chi connectivity index (χ0) is 24.0. The number of hydrogen-bond donors (Lipinski definition) is 2. The smallest absolute Gasteiger partial charge is 0.338 e. The van der Waals surface area contributed by atoms with Crippen LogP contribution >= 0.6 is 0 Å². The molecule has 0 aliphatic carbocycles. The maximum absolute atomic E-state index is 13.1. The molecule has 33 heavy (non-hydrogen) atoms. The SMILES string of the molecule is CCCNC(=O)N1CCN(CC2=C(C(=O)OCC)[C@@H](c3ccccc3)NC(=O)N2C)C[C@H]1C. The molecule has 1 fully saturated rings. The minimum Gasteiger partial charge on any atom is -0.463 e. The van der Waals surface area contributed by atoms with E-state index in [-0.39, 0.29) is 24.7 Å². The fraction of sp³-hybridized carbons (Fsp3) is 0.542. The summed E-state index contributed by atoms with van der Waals surface area (Å²) in [4.78, 5) is 43.8. The zero-order valence-electron chi connectivity index (χ0n) is 20.0. The second-order valence-corrected chi connectivity index (χ2v) is 8.44. The molecule has 9 heteroatoms. The second-order valence-electron chi connectivity index (χ2n) is 8.44. The average Bonchev–Trinajstić information content (AvgIpc) is 2.81. The molecule has 0 unspecified atom stereocenters. The molecular weight excluding hydrogens is 422 g/mol. The Labute approximate surface area is 195 Å². The maximum atomic E-state index is 13.1. The Morgan fingerprint density at radius 2 is 1.91 bits per heavy atom. The van der Waals surface area contributed by atoms with Crippen LogP contribution in [0, 0.1) is 0 Å². The maximum Gasteiger partial charge on any atom is 0.338 e. The van der Waals surface area contributed by atoms with Gasteiger partial charge in [-0.1, -0.05) is 37.3 Å². The third-order valence-electron chi connectivity index (χ3n) is 6.08. The number of esters is 1. The molecule has 4 amide bonds. The summed E-state index contributed by atoms with van der Waals surface area (Å²) >= 11 is 0. The van der Waals surface area contributed by atoms with E-state index in [1.807, 2.05) is 49.1 Å². The Bertz CT molecular complexity index is 888. The molecule has 0 bridgehead atoms. The Kier molecular flexibility index (Phi) is 8.32. The van der Waals surface area contributed by atoms with Crippen LogP contribution in [0.5, 0.6) is 0 Å². The first-order valence-corrected chi connectivity index (χ1v) is 11.6. The summed E-state index contributed by atoms with van der Waals surface area (Å²) in [6, 6.07) is 8.56. The number of rotatable bonds is 7. The highest BCUT2D eigenvalue weighted by molar-refractivity contribution is 5.95. The Morgan fingerprint density at radius 1 is 1.18 bits per heavy atom. The Hall–Kier alpha value is -3.07. The van der Waals surface area contributed by atoms with Gasteiger partial charge < -0.3 is 20.3 Å². The number of amides is 4. The van der Waals surface area contributed by atoms with Crippen molar-refractivity contribution in [1.29, 1.82) is 0 Å². The fourth-order valence-corrected chi connectivity index (χ4v) is 4.32. The predicted molar refractivity (Wildman–Crippen MR) is 125 cm³/mol. The molecule has 180 valence electrons. The lowest BCUT2D eigenvalue weighted by Crippen LogP contribution is -2.58. The minimum atomic E-state index is -0.581. The lowest BCUT2D eigenvalue weighted by molar-refractivity contribution is -0.139. The fourth-order valence-electron chi connectivity index (χ4n) is 4.32. The van der Waals surface area contributed by atoms with E-state index >= 15 is 0 Å². The van der Waals surface area contributed by atoms with Crippen molar-refractivity contribution in [2.24, 2.45) is 0 Å². The largest absolute Gasteiger partial charge is 0.463 e. The van der Waals surface area contributed by atoms with Crippen LogP contribution in [0.25, 0.3) is 0 Å². The molecule has 2 heterocycles. The predicted octanol–water partition coefficient (Wildman–Crippen LogP) is 2.33. The zero-order valence-corrected chi connectivity index (χ0v) is 20.0. The normalized spacial score (nSPS) is 21.6. The first-order chi connectivity index (χ1) is 15.9. The van der Waals surface area contributed by atoms with Crippen molar-refractivity contribution in [2.45, 2.75) is 39.3 Å². The summed E-state index contributed by atoms with van der Waals surface area (Å²) in [5.41, 5.74) is 1.90. The van der Waals surface area contributed by atoms with E-state index in [2.05, 4.69) is 15.5 Å². The van der Waals surface area contributed by atoms with Gasteiger partial charge in [-0.3, -0.25) is 9.80 Å². The highest BCUT2D eigenvalue weighted by atomic mass is 16.5. The molecule has 0 aromatic heterocycles. The van der Waals surface area contributed by atoms with Crippen LogP contribution in [-0.4, -0.2) is 85.2 Å². The van der Waals surface area contributed by atoms with Crippen LogP contribution < -0.4 is 10.6 Å². The van der Waals surface area contributed by atoms with Crippen LogP contribution in [0.15, 0.2) is 41.6 Å². The molecule has 1 saturated heterocycles. The topological polar surface area (TPSA) is 94.2 Å². The average molecular weight is 458 g/mol. The number of hydrogen-bond acceptors (Lipinski definition) is 5. The van der Waals surface area contributed by atoms with Crippen molar-refractivity contribution in [3.05, 3.63) is 47.2 Å². The van der Waals surface area contributed by atoms with Crippen molar-refractivity contribution in [3.8, 4) is 0 Å². The van der Waals surface area contributed by atoms with E-state index in [1.165, 1.54) is 4.90 Å². The summed E-state index contributed by atoms with van der Waals surface area (Å²) in [5.74, 6) is -0.432. The molecule has 0 radical (unpaired) electrons. The Morgan fingerprint density at radius 3 is 2.55 bits per heavy atom. The number of carbonyl (C=O) groups is 3. The number of nitrogens with one attached hydrogen (secondary N) is 2.